The van der Waals surface area contributed by atoms with Crippen LogP contribution in [0.4, 0.5) is 0 Å². The molecule has 0 aliphatic carbocycles. The third-order valence-corrected chi connectivity index (χ3v) is 2.21. The summed E-state index contributed by atoms with van der Waals surface area (Å²) in [4.78, 5) is 11.0. The van der Waals surface area contributed by atoms with Gasteiger partial charge in [0.25, 0.3) is 0 Å². The lowest BCUT2D eigenvalue weighted by Crippen LogP contribution is -2.33. The zero-order chi connectivity index (χ0) is 11.7. The van der Waals surface area contributed by atoms with Gasteiger partial charge in [0.15, 0.2) is 0 Å². The van der Waals surface area contributed by atoms with Gasteiger partial charge in [0.1, 0.15) is 0 Å². The minimum atomic E-state index is -0.184. The van der Waals surface area contributed by atoms with Crippen LogP contribution < -0.4 is 11.1 Å². The van der Waals surface area contributed by atoms with Gasteiger partial charge in [-0.15, -0.1) is 0 Å². The van der Waals surface area contributed by atoms with E-state index in [1.165, 1.54) is 0 Å². The zero-order valence-electron chi connectivity index (χ0n) is 10.1. The number of hydrogen-bond donors (Lipinski definition) is 2. The molecule has 0 aromatic heterocycles. The molecule has 0 aliphatic heterocycles. The molecule has 1 amide bonds. The lowest BCUT2D eigenvalue weighted by atomic mass is 10.1. The number of nitrogens with two attached hydrogens (primary N) is 1. The van der Waals surface area contributed by atoms with E-state index < -0.39 is 0 Å². The summed E-state index contributed by atoms with van der Waals surface area (Å²) in [5.74, 6) is 0.0905. The maximum absolute atomic E-state index is 11.0. The van der Waals surface area contributed by atoms with Crippen molar-refractivity contribution in [2.24, 2.45) is 5.73 Å². The second kappa shape index (κ2) is 7.65. The summed E-state index contributed by atoms with van der Waals surface area (Å²) in [6, 6.07) is 0. The molecule has 15 heavy (non-hydrogen) atoms. The summed E-state index contributed by atoms with van der Waals surface area (Å²) >= 11 is 0. The molecule has 0 aromatic rings. The molecule has 0 bridgehead atoms. The highest BCUT2D eigenvalue weighted by Crippen LogP contribution is 2.13. The summed E-state index contributed by atoms with van der Waals surface area (Å²) in [7, 11) is 0. The van der Waals surface area contributed by atoms with Crippen LogP contribution in [0.5, 0.6) is 0 Å². The highest BCUT2D eigenvalue weighted by atomic mass is 16.5. The van der Waals surface area contributed by atoms with Crippen LogP contribution in [0.3, 0.4) is 0 Å². The van der Waals surface area contributed by atoms with Gasteiger partial charge in [-0.05, 0) is 33.2 Å². The molecule has 0 unspecified atom stereocenters. The minimum Gasteiger partial charge on any atom is -0.375 e. The Bertz CT molecular complexity index is 181. The highest BCUT2D eigenvalue weighted by Gasteiger charge is 2.17. The van der Waals surface area contributed by atoms with Gasteiger partial charge in [0.2, 0.25) is 5.91 Å². The summed E-state index contributed by atoms with van der Waals surface area (Å²) in [6.07, 6.45) is 2.24. The number of nitrogens with one attached hydrogen (secondary N) is 1. The van der Waals surface area contributed by atoms with Crippen molar-refractivity contribution >= 4 is 5.91 Å². The first-order valence-corrected chi connectivity index (χ1v) is 5.62. The van der Waals surface area contributed by atoms with Crippen LogP contribution in [0.15, 0.2) is 0 Å². The SMILES string of the molecule is CCC(=O)NCCC(C)(C)OCCCN. The molecule has 0 heterocycles. The second-order valence-electron chi connectivity index (χ2n) is 4.20. The Kier molecular flexibility index (Phi) is 7.34. The molecule has 0 fully saturated rings. The Morgan fingerprint density at radius 2 is 2.13 bits per heavy atom. The van der Waals surface area contributed by atoms with Crippen LogP contribution in [0.1, 0.15) is 40.0 Å². The third kappa shape index (κ3) is 8.39. The van der Waals surface area contributed by atoms with Crippen LogP contribution in [0.2, 0.25) is 0 Å². The van der Waals surface area contributed by atoms with Gasteiger partial charge in [-0.3, -0.25) is 4.79 Å². The van der Waals surface area contributed by atoms with E-state index in [1.807, 2.05) is 20.8 Å². The Morgan fingerprint density at radius 3 is 2.67 bits per heavy atom. The number of rotatable bonds is 8. The Hall–Kier alpha value is -0.610. The van der Waals surface area contributed by atoms with E-state index >= 15 is 0 Å². The first-order chi connectivity index (χ1) is 7.02. The van der Waals surface area contributed by atoms with E-state index in [9.17, 15) is 4.79 Å². The fraction of sp³-hybridized carbons (Fsp3) is 0.909. The molecule has 0 spiro atoms. The van der Waals surface area contributed by atoms with Crippen molar-refractivity contribution in [1.82, 2.24) is 5.32 Å². The molecule has 0 saturated carbocycles. The Labute approximate surface area is 92.6 Å². The fourth-order valence-electron chi connectivity index (χ4n) is 1.13. The van der Waals surface area contributed by atoms with Gasteiger partial charge in [-0.25, -0.2) is 0 Å². The molecule has 0 radical (unpaired) electrons. The summed E-state index contributed by atoms with van der Waals surface area (Å²) in [5.41, 5.74) is 5.19. The quantitative estimate of drug-likeness (QED) is 0.596. The Morgan fingerprint density at radius 1 is 1.47 bits per heavy atom. The first kappa shape index (κ1) is 14.4. The minimum absolute atomic E-state index is 0.0905. The Balaban J connectivity index is 3.59. The molecule has 90 valence electrons. The molecule has 4 nitrogen and oxygen atoms in total. The predicted octanol–water partition coefficient (Wildman–Crippen LogP) is 1.05. The predicted molar refractivity (Wildman–Crippen MR) is 61.6 cm³/mol. The van der Waals surface area contributed by atoms with Crippen molar-refractivity contribution in [3.63, 3.8) is 0 Å². The molecule has 0 saturated heterocycles. The van der Waals surface area contributed by atoms with E-state index in [2.05, 4.69) is 5.32 Å². The lowest BCUT2D eigenvalue weighted by Gasteiger charge is -2.25. The number of carbonyl (C=O) groups excluding carboxylic acids is 1. The van der Waals surface area contributed by atoms with Gasteiger partial charge < -0.3 is 15.8 Å². The number of ether oxygens (including phenoxy) is 1. The van der Waals surface area contributed by atoms with Gasteiger partial charge in [0.05, 0.1) is 5.60 Å². The van der Waals surface area contributed by atoms with Crippen LogP contribution in [0.25, 0.3) is 0 Å². The molecule has 0 aliphatic rings. The number of amides is 1. The summed E-state index contributed by atoms with van der Waals surface area (Å²) in [5, 5.41) is 2.84. The van der Waals surface area contributed by atoms with Crippen LogP contribution in [0, 0.1) is 0 Å². The van der Waals surface area contributed by atoms with Crippen molar-refractivity contribution < 1.29 is 9.53 Å². The summed E-state index contributed by atoms with van der Waals surface area (Å²) < 4.78 is 5.65. The molecular formula is C11H24N2O2. The molecule has 4 heteroatoms. The average Bonchev–Trinajstić information content (AvgIpc) is 2.17. The number of hydrogen-bond acceptors (Lipinski definition) is 3. The fourth-order valence-corrected chi connectivity index (χ4v) is 1.13. The molecule has 3 N–H and O–H groups in total. The van der Waals surface area contributed by atoms with Crippen molar-refractivity contribution in [3.8, 4) is 0 Å². The van der Waals surface area contributed by atoms with Gasteiger partial charge in [-0.2, -0.15) is 0 Å². The molecule has 0 rings (SSSR count). The highest BCUT2D eigenvalue weighted by molar-refractivity contribution is 5.75. The van der Waals surface area contributed by atoms with Crippen molar-refractivity contribution in [2.45, 2.75) is 45.6 Å². The average molecular weight is 216 g/mol. The normalized spacial score (nSPS) is 11.5. The first-order valence-electron chi connectivity index (χ1n) is 5.62. The smallest absolute Gasteiger partial charge is 0.219 e. The molecule has 0 aromatic carbocycles. The van der Waals surface area contributed by atoms with E-state index in [1.54, 1.807) is 0 Å². The third-order valence-electron chi connectivity index (χ3n) is 2.21. The van der Waals surface area contributed by atoms with Crippen molar-refractivity contribution in [3.05, 3.63) is 0 Å². The van der Waals surface area contributed by atoms with E-state index in [0.717, 1.165) is 12.8 Å². The standard InChI is InChI=1S/C11H24N2O2/c1-4-10(14)13-8-6-11(2,3)15-9-5-7-12/h4-9,12H2,1-3H3,(H,13,14). The van der Waals surface area contributed by atoms with Gasteiger partial charge in [0, 0.05) is 19.6 Å². The maximum Gasteiger partial charge on any atom is 0.219 e. The monoisotopic (exact) mass is 216 g/mol. The lowest BCUT2D eigenvalue weighted by molar-refractivity contribution is -0.121. The number of carbonyl (C=O) groups is 1. The summed E-state index contributed by atoms with van der Waals surface area (Å²) in [6.45, 7) is 7.91. The topological polar surface area (TPSA) is 64.3 Å². The maximum atomic E-state index is 11.0. The van der Waals surface area contributed by atoms with Crippen molar-refractivity contribution in [2.75, 3.05) is 19.7 Å². The van der Waals surface area contributed by atoms with Crippen molar-refractivity contribution in [1.29, 1.82) is 0 Å². The van der Waals surface area contributed by atoms with Crippen LogP contribution >= 0.6 is 0 Å². The van der Waals surface area contributed by atoms with Gasteiger partial charge in [-0.1, -0.05) is 6.92 Å². The molecular weight excluding hydrogens is 192 g/mol. The van der Waals surface area contributed by atoms with Gasteiger partial charge >= 0.3 is 0 Å². The van der Waals surface area contributed by atoms with Crippen LogP contribution in [-0.2, 0) is 9.53 Å². The van der Waals surface area contributed by atoms with E-state index in [4.69, 9.17) is 10.5 Å². The largest absolute Gasteiger partial charge is 0.375 e. The molecule has 0 atom stereocenters. The van der Waals surface area contributed by atoms with E-state index in [-0.39, 0.29) is 11.5 Å². The zero-order valence-corrected chi connectivity index (χ0v) is 10.1. The second-order valence-corrected chi connectivity index (χ2v) is 4.20. The van der Waals surface area contributed by atoms with Crippen LogP contribution in [-0.4, -0.2) is 31.2 Å². The van der Waals surface area contributed by atoms with E-state index in [0.29, 0.717) is 26.1 Å².